The van der Waals surface area contributed by atoms with Gasteiger partial charge in [0.1, 0.15) is 5.75 Å². The Morgan fingerprint density at radius 3 is 2.86 bits per heavy atom. The highest BCUT2D eigenvalue weighted by Crippen LogP contribution is 2.38. The van der Waals surface area contributed by atoms with Gasteiger partial charge in [-0.15, -0.1) is 0 Å². The number of amides is 1. The van der Waals surface area contributed by atoms with Crippen LogP contribution in [0.25, 0.3) is 0 Å². The zero-order chi connectivity index (χ0) is 14.8. The summed E-state index contributed by atoms with van der Waals surface area (Å²) in [7, 11) is 0. The van der Waals surface area contributed by atoms with E-state index in [2.05, 4.69) is 17.1 Å². The lowest BCUT2D eigenvalue weighted by Gasteiger charge is -2.35. The number of nitrogens with zero attached hydrogens (tertiary/aromatic N) is 1. The van der Waals surface area contributed by atoms with Crippen LogP contribution < -0.4 is 20.7 Å². The summed E-state index contributed by atoms with van der Waals surface area (Å²) in [6.45, 7) is 4.37. The monoisotopic (exact) mass is 289 g/mol. The number of ether oxygens (including phenoxy) is 1. The van der Waals surface area contributed by atoms with Crippen LogP contribution in [0.15, 0.2) is 12.1 Å². The van der Waals surface area contributed by atoms with E-state index in [9.17, 15) is 4.79 Å². The Kier molecular flexibility index (Phi) is 3.90. The molecule has 0 aliphatic carbocycles. The Morgan fingerprint density at radius 2 is 2.14 bits per heavy atom. The highest BCUT2D eigenvalue weighted by Gasteiger charge is 2.23. The van der Waals surface area contributed by atoms with Gasteiger partial charge < -0.3 is 20.7 Å². The molecular weight excluding hydrogens is 266 g/mol. The quantitative estimate of drug-likeness (QED) is 0.839. The summed E-state index contributed by atoms with van der Waals surface area (Å²) >= 11 is 0. The maximum atomic E-state index is 11.4. The largest absolute Gasteiger partial charge is 0.482 e. The van der Waals surface area contributed by atoms with Gasteiger partial charge >= 0.3 is 0 Å². The van der Waals surface area contributed by atoms with E-state index in [0.29, 0.717) is 5.75 Å². The molecule has 0 saturated carbocycles. The number of nitrogen functional groups attached to an aromatic ring is 1. The Hall–Kier alpha value is -1.91. The number of rotatable bonds is 3. The van der Waals surface area contributed by atoms with Crippen LogP contribution >= 0.6 is 0 Å². The van der Waals surface area contributed by atoms with E-state index in [-0.39, 0.29) is 12.5 Å². The van der Waals surface area contributed by atoms with E-state index < -0.39 is 0 Å². The molecule has 1 fully saturated rings. The van der Waals surface area contributed by atoms with Gasteiger partial charge in [0.2, 0.25) is 0 Å². The lowest BCUT2D eigenvalue weighted by molar-refractivity contribution is -0.118. The molecule has 1 aromatic carbocycles. The second-order valence-electron chi connectivity index (χ2n) is 5.96. The molecule has 3 N–H and O–H groups in total. The molecule has 0 unspecified atom stereocenters. The van der Waals surface area contributed by atoms with Crippen LogP contribution in [0.3, 0.4) is 0 Å². The summed E-state index contributed by atoms with van der Waals surface area (Å²) in [5, 5.41) is 2.85. The van der Waals surface area contributed by atoms with E-state index in [1.54, 1.807) is 0 Å². The molecule has 2 aliphatic heterocycles. The smallest absolute Gasteiger partial charge is 0.262 e. The van der Waals surface area contributed by atoms with Gasteiger partial charge in [0.05, 0.1) is 17.1 Å². The van der Waals surface area contributed by atoms with Gasteiger partial charge in [-0.1, -0.05) is 19.8 Å². The number of hydrogen-bond donors (Lipinski definition) is 2. The van der Waals surface area contributed by atoms with Gasteiger partial charge in [0.15, 0.2) is 6.61 Å². The highest BCUT2D eigenvalue weighted by molar-refractivity contribution is 5.97. The van der Waals surface area contributed by atoms with Gasteiger partial charge in [-0.05, 0) is 24.8 Å². The van der Waals surface area contributed by atoms with E-state index in [0.717, 1.165) is 36.1 Å². The maximum Gasteiger partial charge on any atom is 0.262 e. The van der Waals surface area contributed by atoms with Crippen LogP contribution in [0.2, 0.25) is 0 Å². The number of carbonyl (C=O) groups excluding carboxylic acids is 1. The minimum atomic E-state index is -0.111. The summed E-state index contributed by atoms with van der Waals surface area (Å²) in [6.07, 6.45) is 5.01. The van der Waals surface area contributed by atoms with Crippen LogP contribution in [-0.4, -0.2) is 25.6 Å². The number of nitrogens with two attached hydrogens (primary N) is 1. The Balaban J connectivity index is 1.77. The zero-order valence-electron chi connectivity index (χ0n) is 12.5. The predicted octanol–water partition coefficient (Wildman–Crippen LogP) is 2.62. The lowest BCUT2D eigenvalue weighted by Crippen LogP contribution is -2.34. The van der Waals surface area contributed by atoms with E-state index in [4.69, 9.17) is 10.5 Å². The number of anilines is 3. The van der Waals surface area contributed by atoms with Crippen molar-refractivity contribution in [1.82, 2.24) is 0 Å². The molecule has 2 heterocycles. The fourth-order valence-electron chi connectivity index (χ4n) is 3.28. The van der Waals surface area contributed by atoms with Crippen molar-refractivity contribution in [1.29, 1.82) is 0 Å². The summed E-state index contributed by atoms with van der Waals surface area (Å²) < 4.78 is 5.40. The van der Waals surface area contributed by atoms with E-state index in [1.165, 1.54) is 25.7 Å². The minimum Gasteiger partial charge on any atom is -0.482 e. The molecule has 3 rings (SSSR count). The van der Waals surface area contributed by atoms with Crippen molar-refractivity contribution in [3.05, 3.63) is 12.1 Å². The Morgan fingerprint density at radius 1 is 1.38 bits per heavy atom. The van der Waals surface area contributed by atoms with E-state index in [1.807, 2.05) is 12.1 Å². The predicted molar refractivity (Wildman–Crippen MR) is 84.8 cm³/mol. The van der Waals surface area contributed by atoms with Crippen molar-refractivity contribution in [2.75, 3.05) is 35.6 Å². The average Bonchev–Trinajstić information content (AvgIpc) is 2.48. The summed E-state index contributed by atoms with van der Waals surface area (Å²) in [4.78, 5) is 13.8. The molecule has 0 spiro atoms. The van der Waals surface area contributed by atoms with Crippen molar-refractivity contribution in [2.45, 2.75) is 32.6 Å². The molecule has 1 amide bonds. The summed E-state index contributed by atoms with van der Waals surface area (Å²) in [5.74, 6) is 1.39. The van der Waals surface area contributed by atoms with Crippen LogP contribution in [0, 0.1) is 5.92 Å². The average molecular weight is 289 g/mol. The molecular formula is C16H23N3O2. The number of hydrogen-bond acceptors (Lipinski definition) is 4. The zero-order valence-corrected chi connectivity index (χ0v) is 12.5. The van der Waals surface area contributed by atoms with Crippen molar-refractivity contribution in [3.63, 3.8) is 0 Å². The third-order valence-corrected chi connectivity index (χ3v) is 4.41. The van der Waals surface area contributed by atoms with Crippen molar-refractivity contribution in [3.8, 4) is 5.75 Å². The van der Waals surface area contributed by atoms with Crippen LogP contribution in [0.5, 0.6) is 5.75 Å². The first-order valence-corrected chi connectivity index (χ1v) is 7.78. The third-order valence-electron chi connectivity index (χ3n) is 4.41. The van der Waals surface area contributed by atoms with Crippen LogP contribution in [-0.2, 0) is 4.79 Å². The van der Waals surface area contributed by atoms with Crippen molar-refractivity contribution >= 4 is 23.0 Å². The Labute approximate surface area is 125 Å². The fraction of sp³-hybridized carbons (Fsp3) is 0.562. The number of fused-ring (bicyclic) bond motifs is 1. The number of benzene rings is 1. The first-order chi connectivity index (χ1) is 10.2. The van der Waals surface area contributed by atoms with Crippen molar-refractivity contribution in [2.24, 2.45) is 5.92 Å². The van der Waals surface area contributed by atoms with Crippen LogP contribution in [0.4, 0.5) is 17.1 Å². The first kappa shape index (κ1) is 14.0. The summed E-state index contributed by atoms with van der Waals surface area (Å²) in [5.41, 5.74) is 8.63. The van der Waals surface area contributed by atoms with E-state index >= 15 is 0 Å². The molecule has 114 valence electrons. The SMILES string of the molecule is CCCC1CCN(c2cc3c(cc2N)OCC(=O)N3)CC1. The van der Waals surface area contributed by atoms with Gasteiger partial charge in [-0.3, -0.25) is 4.79 Å². The molecule has 2 aliphatic rings. The first-order valence-electron chi connectivity index (χ1n) is 7.78. The Bertz CT molecular complexity index is 537. The number of piperidine rings is 1. The standard InChI is InChI=1S/C16H23N3O2/c1-2-3-11-4-6-19(7-5-11)14-9-13-15(8-12(14)17)21-10-16(20)18-13/h8-9,11H,2-7,10,17H2,1H3,(H,18,20). The summed E-state index contributed by atoms with van der Waals surface area (Å²) in [6, 6.07) is 3.77. The molecule has 5 heteroatoms. The maximum absolute atomic E-state index is 11.4. The second-order valence-corrected chi connectivity index (χ2v) is 5.96. The number of nitrogens with one attached hydrogen (secondary N) is 1. The normalized spacial score (nSPS) is 18.9. The molecule has 21 heavy (non-hydrogen) atoms. The topological polar surface area (TPSA) is 67.6 Å². The van der Waals surface area contributed by atoms with Gasteiger partial charge in [0.25, 0.3) is 5.91 Å². The second kappa shape index (κ2) is 5.84. The molecule has 0 bridgehead atoms. The lowest BCUT2D eigenvalue weighted by atomic mass is 9.92. The van der Waals surface area contributed by atoms with Gasteiger partial charge in [-0.2, -0.15) is 0 Å². The van der Waals surface area contributed by atoms with Crippen LogP contribution in [0.1, 0.15) is 32.6 Å². The minimum absolute atomic E-state index is 0.0637. The molecule has 1 saturated heterocycles. The molecule has 0 aromatic heterocycles. The molecule has 0 radical (unpaired) electrons. The fourth-order valence-corrected chi connectivity index (χ4v) is 3.28. The molecule has 5 nitrogen and oxygen atoms in total. The number of carbonyl (C=O) groups is 1. The van der Waals surface area contributed by atoms with Gasteiger partial charge in [0, 0.05) is 19.2 Å². The molecule has 1 aromatic rings. The third kappa shape index (κ3) is 2.91. The highest BCUT2D eigenvalue weighted by atomic mass is 16.5. The molecule has 0 atom stereocenters. The van der Waals surface area contributed by atoms with Crippen molar-refractivity contribution < 1.29 is 9.53 Å². The van der Waals surface area contributed by atoms with Gasteiger partial charge in [-0.25, -0.2) is 0 Å².